The Morgan fingerprint density at radius 3 is 2.48 bits per heavy atom. The van der Waals surface area contributed by atoms with E-state index in [0.29, 0.717) is 23.8 Å². The maximum atomic E-state index is 13.1. The fourth-order valence-electron chi connectivity index (χ4n) is 3.47. The lowest BCUT2D eigenvalue weighted by Gasteiger charge is -2.35. The molecule has 0 bridgehead atoms. The predicted molar refractivity (Wildman–Crippen MR) is 109 cm³/mol. The molecule has 0 N–H and O–H groups in total. The molecule has 2 aromatic rings. The van der Waals surface area contributed by atoms with Gasteiger partial charge in [0.05, 0.1) is 11.9 Å². The fourth-order valence-corrected chi connectivity index (χ4v) is 4.81. The lowest BCUT2D eigenvalue weighted by Crippen LogP contribution is -2.50. The predicted octanol–water partition coefficient (Wildman–Crippen LogP) is 3.39. The van der Waals surface area contributed by atoms with Crippen molar-refractivity contribution < 1.29 is 13.2 Å². The summed E-state index contributed by atoms with van der Waals surface area (Å²) in [6, 6.07) is 12.2. The van der Waals surface area contributed by atoms with E-state index in [1.54, 1.807) is 30.0 Å². The van der Waals surface area contributed by atoms with Crippen LogP contribution < -0.4 is 4.31 Å². The average molecular weight is 407 g/mol. The van der Waals surface area contributed by atoms with E-state index in [9.17, 15) is 13.2 Å². The van der Waals surface area contributed by atoms with Gasteiger partial charge in [-0.3, -0.25) is 9.10 Å². The first-order valence-electron chi connectivity index (χ1n) is 8.79. The average Bonchev–Trinajstić information content (AvgIpc) is 2.62. The van der Waals surface area contributed by atoms with Gasteiger partial charge in [0.15, 0.2) is 0 Å². The summed E-state index contributed by atoms with van der Waals surface area (Å²) in [5.41, 5.74) is 3.58. The molecule has 1 heterocycles. The van der Waals surface area contributed by atoms with Gasteiger partial charge in [0.2, 0.25) is 15.9 Å². The van der Waals surface area contributed by atoms with E-state index < -0.39 is 16.1 Å². The van der Waals surface area contributed by atoms with E-state index in [-0.39, 0.29) is 5.91 Å². The van der Waals surface area contributed by atoms with Crippen molar-refractivity contribution in [1.82, 2.24) is 4.90 Å². The molecule has 2 aromatic carbocycles. The Bertz CT molecular complexity index is 975. The monoisotopic (exact) mass is 406 g/mol. The van der Waals surface area contributed by atoms with Crippen molar-refractivity contribution in [2.45, 2.75) is 32.9 Å². The molecule has 1 amide bonds. The second kappa shape index (κ2) is 7.52. The minimum Gasteiger partial charge on any atom is -0.336 e. The summed E-state index contributed by atoms with van der Waals surface area (Å²) in [5.74, 6) is -0.216. The fraction of sp³-hybridized carbons (Fsp3) is 0.350. The lowest BCUT2D eigenvalue weighted by atomic mass is 9.99. The number of hydrogen-bond acceptors (Lipinski definition) is 3. The molecule has 0 aromatic heterocycles. The summed E-state index contributed by atoms with van der Waals surface area (Å²) in [4.78, 5) is 14.8. The smallest absolute Gasteiger partial charge is 0.246 e. The molecular formula is C20H23ClN2O3S. The number of amides is 1. The topological polar surface area (TPSA) is 57.7 Å². The number of carbonyl (C=O) groups excluding carboxylic acids is 1. The summed E-state index contributed by atoms with van der Waals surface area (Å²) in [6.07, 6.45) is 1.87. The minimum absolute atomic E-state index is 0.216. The van der Waals surface area contributed by atoms with Crippen LogP contribution in [-0.4, -0.2) is 38.1 Å². The second-order valence-corrected chi connectivity index (χ2v) is 9.21. The molecule has 0 saturated carbocycles. The van der Waals surface area contributed by atoms with Gasteiger partial charge in [0, 0.05) is 18.1 Å². The summed E-state index contributed by atoms with van der Waals surface area (Å²) in [7, 11) is -3.66. The van der Waals surface area contributed by atoms with Crippen LogP contribution in [0.1, 0.15) is 23.6 Å². The Hall–Kier alpha value is -2.05. The normalized spacial score (nSPS) is 15.2. The first-order chi connectivity index (χ1) is 12.7. The Morgan fingerprint density at radius 1 is 1.19 bits per heavy atom. The van der Waals surface area contributed by atoms with Gasteiger partial charge in [-0.2, -0.15) is 0 Å². The number of carbonyl (C=O) groups is 1. The standard InChI is InChI=1S/C20H23ClN2O3S/c1-14-8-9-18(12-19(14)21)23(27(3,25)26)15(2)20(24)22-11-10-16-6-4-5-7-17(16)13-22/h4-9,12,15H,10-11,13H2,1-3H3. The Kier molecular flexibility index (Phi) is 5.49. The molecule has 0 radical (unpaired) electrons. The van der Waals surface area contributed by atoms with E-state index in [2.05, 4.69) is 6.07 Å². The van der Waals surface area contributed by atoms with E-state index in [0.717, 1.165) is 28.1 Å². The van der Waals surface area contributed by atoms with Crippen molar-refractivity contribution in [3.05, 3.63) is 64.2 Å². The number of nitrogens with zero attached hydrogens (tertiary/aromatic N) is 2. The van der Waals surface area contributed by atoms with Crippen LogP contribution in [-0.2, 0) is 27.8 Å². The molecule has 0 spiro atoms. The highest BCUT2D eigenvalue weighted by Crippen LogP contribution is 2.28. The zero-order valence-electron chi connectivity index (χ0n) is 15.6. The number of rotatable bonds is 4. The van der Waals surface area contributed by atoms with Crippen molar-refractivity contribution >= 4 is 33.2 Å². The molecule has 1 atom stereocenters. The van der Waals surface area contributed by atoms with E-state index >= 15 is 0 Å². The van der Waals surface area contributed by atoms with Gasteiger partial charge < -0.3 is 4.90 Å². The van der Waals surface area contributed by atoms with Crippen LogP contribution in [0.15, 0.2) is 42.5 Å². The summed E-state index contributed by atoms with van der Waals surface area (Å²) >= 11 is 6.18. The Morgan fingerprint density at radius 2 is 1.85 bits per heavy atom. The van der Waals surface area contributed by atoms with E-state index in [1.807, 2.05) is 25.1 Å². The zero-order chi connectivity index (χ0) is 19.8. The van der Waals surface area contributed by atoms with Gasteiger partial charge in [-0.25, -0.2) is 8.42 Å². The molecule has 0 saturated heterocycles. The number of anilines is 1. The molecule has 0 aliphatic carbocycles. The van der Waals surface area contributed by atoms with Crippen molar-refractivity contribution in [2.24, 2.45) is 0 Å². The zero-order valence-corrected chi connectivity index (χ0v) is 17.2. The van der Waals surface area contributed by atoms with Crippen LogP contribution in [0.25, 0.3) is 0 Å². The summed E-state index contributed by atoms with van der Waals surface area (Å²) in [5, 5.41) is 0.465. The van der Waals surface area contributed by atoms with Crippen molar-refractivity contribution in [2.75, 3.05) is 17.1 Å². The highest BCUT2D eigenvalue weighted by molar-refractivity contribution is 7.92. The SMILES string of the molecule is Cc1ccc(N(C(C)C(=O)N2CCc3ccccc3C2)S(C)(=O)=O)cc1Cl. The third-order valence-electron chi connectivity index (χ3n) is 4.92. The molecular weight excluding hydrogens is 384 g/mol. The lowest BCUT2D eigenvalue weighted by molar-refractivity contribution is -0.132. The van der Waals surface area contributed by atoms with Crippen LogP contribution in [0.4, 0.5) is 5.69 Å². The van der Waals surface area contributed by atoms with Gasteiger partial charge in [-0.15, -0.1) is 0 Å². The molecule has 1 aliphatic heterocycles. The highest BCUT2D eigenvalue weighted by atomic mass is 35.5. The van der Waals surface area contributed by atoms with Crippen LogP contribution in [0, 0.1) is 6.92 Å². The van der Waals surface area contributed by atoms with Crippen LogP contribution in [0.5, 0.6) is 0 Å². The van der Waals surface area contributed by atoms with Gasteiger partial charge in [0.25, 0.3) is 0 Å². The first-order valence-corrected chi connectivity index (χ1v) is 11.0. The van der Waals surface area contributed by atoms with Gasteiger partial charge >= 0.3 is 0 Å². The Balaban J connectivity index is 1.89. The van der Waals surface area contributed by atoms with Gasteiger partial charge in [-0.1, -0.05) is 41.9 Å². The van der Waals surface area contributed by atoms with Crippen LogP contribution >= 0.6 is 11.6 Å². The molecule has 0 fully saturated rings. The third-order valence-corrected chi connectivity index (χ3v) is 6.57. The van der Waals surface area contributed by atoms with Gasteiger partial charge in [0.1, 0.15) is 6.04 Å². The molecule has 144 valence electrons. The van der Waals surface area contributed by atoms with E-state index in [1.165, 1.54) is 5.56 Å². The number of sulfonamides is 1. The second-order valence-electron chi connectivity index (χ2n) is 6.95. The van der Waals surface area contributed by atoms with Crippen molar-refractivity contribution in [3.8, 4) is 0 Å². The largest absolute Gasteiger partial charge is 0.336 e. The van der Waals surface area contributed by atoms with Crippen LogP contribution in [0.2, 0.25) is 5.02 Å². The minimum atomic E-state index is -3.66. The number of halogens is 1. The summed E-state index contributed by atoms with van der Waals surface area (Å²) in [6.45, 7) is 4.53. The van der Waals surface area contributed by atoms with Gasteiger partial charge in [-0.05, 0) is 49.1 Å². The number of benzene rings is 2. The number of hydrogen-bond donors (Lipinski definition) is 0. The maximum absolute atomic E-state index is 13.1. The molecule has 27 heavy (non-hydrogen) atoms. The Labute approximate surface area is 165 Å². The number of fused-ring (bicyclic) bond motifs is 1. The molecule has 5 nitrogen and oxygen atoms in total. The number of aryl methyl sites for hydroxylation is 1. The van der Waals surface area contributed by atoms with Crippen molar-refractivity contribution in [3.63, 3.8) is 0 Å². The molecule has 1 aliphatic rings. The quantitative estimate of drug-likeness (QED) is 0.782. The summed E-state index contributed by atoms with van der Waals surface area (Å²) < 4.78 is 26.1. The third kappa shape index (κ3) is 4.12. The first kappa shape index (κ1) is 19.7. The molecule has 7 heteroatoms. The highest BCUT2D eigenvalue weighted by Gasteiger charge is 2.33. The molecule has 1 unspecified atom stereocenters. The molecule has 3 rings (SSSR count). The van der Waals surface area contributed by atoms with Crippen molar-refractivity contribution in [1.29, 1.82) is 0 Å². The maximum Gasteiger partial charge on any atom is 0.246 e. The van der Waals surface area contributed by atoms with E-state index in [4.69, 9.17) is 11.6 Å². The van der Waals surface area contributed by atoms with Crippen LogP contribution in [0.3, 0.4) is 0 Å².